The third-order valence-corrected chi connectivity index (χ3v) is 8.27. The molecule has 4 saturated carbocycles. The molecule has 0 N–H and O–H groups in total. The Morgan fingerprint density at radius 3 is 1.21 bits per heavy atom. The van der Waals surface area contributed by atoms with Gasteiger partial charge in [0.05, 0.1) is 0 Å². The van der Waals surface area contributed by atoms with Gasteiger partial charge in [-0.3, -0.25) is 0 Å². The summed E-state index contributed by atoms with van der Waals surface area (Å²) in [5.41, 5.74) is 0. The summed E-state index contributed by atoms with van der Waals surface area (Å²) in [7, 11) is 9.78. The van der Waals surface area contributed by atoms with E-state index in [0.29, 0.717) is 0 Å². The van der Waals surface area contributed by atoms with Crippen LogP contribution in [-0.4, -0.2) is 0 Å². The van der Waals surface area contributed by atoms with Crippen molar-refractivity contribution in [1.29, 1.82) is 0 Å². The fraction of sp³-hybridized carbons (Fsp3) is 0.667. The van der Waals surface area contributed by atoms with E-state index in [4.69, 9.17) is 18.6 Å². The number of rotatable bonds is 4. The summed E-state index contributed by atoms with van der Waals surface area (Å²) in [6, 6.07) is 0. The molecule has 0 aromatic heterocycles. The van der Waals surface area contributed by atoms with Crippen LogP contribution in [0.3, 0.4) is 0 Å². The van der Waals surface area contributed by atoms with E-state index in [-0.39, 0.29) is 0 Å². The number of halogens is 2. The van der Waals surface area contributed by atoms with Gasteiger partial charge in [-0.05, 0) is 136 Å². The third-order valence-electron chi connectivity index (χ3n) is 8.27. The molecule has 4 fully saturated rings. The summed E-state index contributed by atoms with van der Waals surface area (Å²) in [5, 5.41) is 0. The van der Waals surface area contributed by atoms with Gasteiger partial charge in [0, 0.05) is 0 Å². The fourth-order valence-corrected chi connectivity index (χ4v) is 6.42. The van der Waals surface area contributed by atoms with Crippen LogP contribution >= 0.6 is 18.6 Å². The van der Waals surface area contributed by atoms with E-state index in [1.807, 2.05) is 0 Å². The predicted molar refractivity (Wildman–Crippen MR) is 142 cm³/mol. The van der Waals surface area contributed by atoms with E-state index in [9.17, 15) is 0 Å². The van der Waals surface area contributed by atoms with Crippen molar-refractivity contribution in [2.75, 3.05) is 0 Å². The predicted octanol–water partition coefficient (Wildman–Crippen LogP) is 9.58. The van der Waals surface area contributed by atoms with E-state index in [1.165, 1.54) is 38.5 Å². The quantitative estimate of drug-likeness (QED) is 0.321. The van der Waals surface area contributed by atoms with Crippen LogP contribution in [0.2, 0.25) is 0 Å². The molecule has 0 aliphatic heterocycles. The zero-order valence-electron chi connectivity index (χ0n) is 21.7. The van der Waals surface area contributed by atoms with E-state index in [1.54, 1.807) is 11.8 Å². The molecule has 0 aromatic rings. The Bertz CT molecular complexity index is 452. The van der Waals surface area contributed by atoms with Gasteiger partial charge < -0.3 is 0 Å². The molecule has 33 heavy (non-hydrogen) atoms. The molecule has 0 heterocycles. The molecule has 0 aromatic carbocycles. The topological polar surface area (TPSA) is 0 Å². The standard InChI is InChI=1S/2C15H23.2ClH.Ti/c2*1-11(2)15-10-12(3)8-9-14(15)13-6-4-5-7-13;;;/h2*4-7,11-12,14-15H,8-10H2,1-3H3;2*1H;/q;;;;+2/p-2/t2*12-,14+,15-;;;/m10.../s1. The first kappa shape index (κ1) is 30.5. The summed E-state index contributed by atoms with van der Waals surface area (Å²) >= 11 is -0.556. The Morgan fingerprint density at radius 2 is 0.939 bits per heavy atom. The molecular weight excluding hydrogens is 479 g/mol. The van der Waals surface area contributed by atoms with Crippen LogP contribution in [0.4, 0.5) is 0 Å². The van der Waals surface area contributed by atoms with Crippen molar-refractivity contribution >= 4 is 18.6 Å². The van der Waals surface area contributed by atoms with Gasteiger partial charge >= 0.3 is 35.6 Å². The molecule has 0 spiro atoms. The average molecular weight is 525 g/mol. The first-order valence-electron chi connectivity index (χ1n) is 13.2. The Morgan fingerprint density at radius 1 is 0.636 bits per heavy atom. The summed E-state index contributed by atoms with van der Waals surface area (Å²) in [6.07, 6.45) is 26.5. The molecule has 0 unspecified atom stereocenters. The number of hydrogen-bond donors (Lipinski definition) is 0. The van der Waals surface area contributed by atoms with Crippen molar-refractivity contribution in [2.45, 2.75) is 80.1 Å². The Labute approximate surface area is 225 Å². The molecule has 4 aliphatic carbocycles. The molecule has 4 aliphatic rings. The molecule has 0 saturated heterocycles. The normalized spacial score (nSPS) is 35.7. The Hall–Kier alpha value is 1.29. The molecule has 6 atom stereocenters. The van der Waals surface area contributed by atoms with Crippen molar-refractivity contribution in [1.82, 2.24) is 0 Å². The minimum absolute atomic E-state index is 0.556. The van der Waals surface area contributed by atoms with Crippen LogP contribution in [0.15, 0.2) is 0 Å². The second kappa shape index (κ2) is 16.2. The molecular formula is C30H46Cl2Ti. The average Bonchev–Trinajstić information content (AvgIpc) is 3.49. The summed E-state index contributed by atoms with van der Waals surface area (Å²) in [5.74, 6) is 10.1. The SMILES string of the molecule is CC(C)[C@@H]1C[C@@H](C)CC[C@@H]1[C]1[CH][CH][CH][CH]1.CC(C)[C@H]1C[C@H](C)CC[C@H]1[C]1[CH][CH][CH][CH]1.[Cl][Ti][Cl]. The molecule has 0 amide bonds. The van der Waals surface area contributed by atoms with Crippen LogP contribution in [0.1, 0.15) is 80.1 Å². The molecule has 0 nitrogen and oxygen atoms in total. The summed E-state index contributed by atoms with van der Waals surface area (Å²) in [4.78, 5) is 0. The maximum atomic E-state index is 4.89. The monoisotopic (exact) mass is 524 g/mol. The van der Waals surface area contributed by atoms with Crippen LogP contribution in [0.25, 0.3) is 0 Å². The van der Waals surface area contributed by atoms with E-state index < -0.39 is 17.0 Å². The van der Waals surface area contributed by atoms with E-state index in [0.717, 1.165) is 47.3 Å². The van der Waals surface area contributed by atoms with Crippen LogP contribution in [0.5, 0.6) is 0 Å². The molecule has 3 heteroatoms. The van der Waals surface area contributed by atoms with Crippen LogP contribution in [0, 0.1) is 111 Å². The molecule has 4 rings (SSSR count). The Balaban J connectivity index is 0.000000209. The van der Waals surface area contributed by atoms with Crippen molar-refractivity contribution in [3.8, 4) is 0 Å². The van der Waals surface area contributed by atoms with Gasteiger partial charge in [0.15, 0.2) is 0 Å². The molecule has 0 bridgehead atoms. The van der Waals surface area contributed by atoms with Crippen molar-refractivity contribution in [3.63, 3.8) is 0 Å². The first-order valence-corrected chi connectivity index (χ1v) is 17.5. The Kier molecular flexibility index (Phi) is 15.0. The summed E-state index contributed by atoms with van der Waals surface area (Å²) in [6.45, 7) is 14.4. The van der Waals surface area contributed by atoms with E-state index in [2.05, 4.69) is 92.9 Å². The second-order valence-corrected chi connectivity index (χ2v) is 14.0. The van der Waals surface area contributed by atoms with Crippen LogP contribution in [-0.2, 0) is 17.0 Å². The van der Waals surface area contributed by atoms with Gasteiger partial charge in [-0.15, -0.1) is 0 Å². The van der Waals surface area contributed by atoms with Gasteiger partial charge in [0.2, 0.25) is 0 Å². The third kappa shape index (κ3) is 9.93. The molecule has 10 radical (unpaired) electrons. The van der Waals surface area contributed by atoms with E-state index >= 15 is 0 Å². The van der Waals surface area contributed by atoms with Crippen molar-refractivity contribution < 1.29 is 17.0 Å². The zero-order valence-corrected chi connectivity index (χ0v) is 24.8. The second-order valence-electron chi connectivity index (χ2n) is 11.4. The van der Waals surface area contributed by atoms with Gasteiger partial charge in [-0.2, -0.15) is 0 Å². The van der Waals surface area contributed by atoms with Gasteiger partial charge in [-0.1, -0.05) is 54.4 Å². The van der Waals surface area contributed by atoms with Crippen molar-refractivity contribution in [3.05, 3.63) is 63.2 Å². The van der Waals surface area contributed by atoms with Gasteiger partial charge in [-0.25, -0.2) is 0 Å². The molecule has 184 valence electrons. The van der Waals surface area contributed by atoms with Gasteiger partial charge in [0.1, 0.15) is 0 Å². The zero-order chi connectivity index (χ0) is 24.4. The number of hydrogen-bond acceptors (Lipinski definition) is 0. The fourth-order valence-electron chi connectivity index (χ4n) is 6.42. The maximum absolute atomic E-state index is 4.89. The van der Waals surface area contributed by atoms with Crippen LogP contribution < -0.4 is 0 Å². The summed E-state index contributed by atoms with van der Waals surface area (Å²) < 4.78 is 0. The van der Waals surface area contributed by atoms with Gasteiger partial charge in [0.25, 0.3) is 0 Å². The van der Waals surface area contributed by atoms with Crippen molar-refractivity contribution in [2.24, 2.45) is 47.3 Å². The first-order chi connectivity index (χ1) is 15.8. The minimum atomic E-state index is -0.556.